The second-order valence-corrected chi connectivity index (χ2v) is 8.47. The minimum Gasteiger partial charge on any atom is -0.349 e. The lowest BCUT2D eigenvalue weighted by molar-refractivity contribution is 0.0938. The number of hydrogen-bond acceptors (Lipinski definition) is 5. The topological polar surface area (TPSA) is 105 Å². The highest BCUT2D eigenvalue weighted by Gasteiger charge is 2.28. The number of H-pyrrole nitrogens is 1. The zero-order valence-corrected chi connectivity index (χ0v) is 12.7. The third-order valence-corrected chi connectivity index (χ3v) is 5.11. The summed E-state index contributed by atoms with van der Waals surface area (Å²) >= 11 is 0. The number of nitrogens with zero attached hydrogens (tertiary/aromatic N) is 2. The summed E-state index contributed by atoms with van der Waals surface area (Å²) in [6, 6.07) is 0. The van der Waals surface area contributed by atoms with Gasteiger partial charge in [-0.3, -0.25) is 9.89 Å². The summed E-state index contributed by atoms with van der Waals surface area (Å²) in [6.45, 7) is 6.26. The first-order valence-corrected chi connectivity index (χ1v) is 8.41. The van der Waals surface area contributed by atoms with Gasteiger partial charge in [0.15, 0.2) is 9.84 Å². The zero-order valence-electron chi connectivity index (χ0n) is 11.9. The van der Waals surface area contributed by atoms with Gasteiger partial charge in [-0.15, -0.1) is 5.10 Å². The van der Waals surface area contributed by atoms with Gasteiger partial charge in [0, 0.05) is 12.0 Å². The number of sulfone groups is 1. The van der Waals surface area contributed by atoms with Gasteiger partial charge in [0.2, 0.25) is 5.82 Å². The van der Waals surface area contributed by atoms with Crippen LogP contribution in [0.5, 0.6) is 0 Å². The number of aromatic nitrogens is 3. The van der Waals surface area contributed by atoms with Crippen molar-refractivity contribution < 1.29 is 13.2 Å². The standard InChI is InChI=1S/C12H20N4O3S/c1-12(2,3)11-14-9(15-16-11)10(17)13-6-8-4-5-20(18,19)7-8/h8H,4-7H2,1-3H3,(H,13,17)(H,14,15,16). The van der Waals surface area contributed by atoms with Crippen molar-refractivity contribution in [2.24, 2.45) is 5.92 Å². The van der Waals surface area contributed by atoms with E-state index < -0.39 is 9.84 Å². The summed E-state index contributed by atoms with van der Waals surface area (Å²) in [7, 11) is -2.91. The van der Waals surface area contributed by atoms with E-state index in [1.54, 1.807) is 0 Å². The van der Waals surface area contributed by atoms with E-state index in [2.05, 4.69) is 20.5 Å². The molecule has 2 rings (SSSR count). The maximum atomic E-state index is 11.9. The van der Waals surface area contributed by atoms with Crippen LogP contribution in [0.2, 0.25) is 0 Å². The molecule has 1 aromatic rings. The van der Waals surface area contributed by atoms with E-state index in [0.29, 0.717) is 18.8 Å². The van der Waals surface area contributed by atoms with Crippen molar-refractivity contribution in [1.82, 2.24) is 20.5 Å². The van der Waals surface area contributed by atoms with Crippen LogP contribution >= 0.6 is 0 Å². The molecule has 0 saturated carbocycles. The number of aromatic amines is 1. The molecule has 1 saturated heterocycles. The molecule has 1 aliphatic heterocycles. The molecule has 2 heterocycles. The summed E-state index contributed by atoms with van der Waals surface area (Å²) in [5, 5.41) is 9.33. The predicted octanol–water partition coefficient (Wildman–Crippen LogP) is 0.267. The number of nitrogens with one attached hydrogen (secondary N) is 2. The predicted molar refractivity (Wildman–Crippen MR) is 74.2 cm³/mol. The zero-order chi connectivity index (χ0) is 15.0. The van der Waals surface area contributed by atoms with Crippen molar-refractivity contribution in [1.29, 1.82) is 0 Å². The lowest BCUT2D eigenvalue weighted by Gasteiger charge is -2.12. The fourth-order valence-electron chi connectivity index (χ4n) is 2.05. The van der Waals surface area contributed by atoms with E-state index in [4.69, 9.17) is 0 Å². The Morgan fingerprint density at radius 3 is 2.65 bits per heavy atom. The Morgan fingerprint density at radius 1 is 1.45 bits per heavy atom. The molecule has 0 spiro atoms. The van der Waals surface area contributed by atoms with Crippen LogP contribution in [0, 0.1) is 5.92 Å². The molecule has 1 atom stereocenters. The summed E-state index contributed by atoms with van der Waals surface area (Å²) in [4.78, 5) is 16.1. The van der Waals surface area contributed by atoms with Gasteiger partial charge in [0.05, 0.1) is 11.5 Å². The van der Waals surface area contributed by atoms with Crippen molar-refractivity contribution in [3.05, 3.63) is 11.6 Å². The van der Waals surface area contributed by atoms with Crippen molar-refractivity contribution in [3.8, 4) is 0 Å². The van der Waals surface area contributed by atoms with Crippen molar-refractivity contribution in [3.63, 3.8) is 0 Å². The maximum Gasteiger partial charge on any atom is 0.290 e. The van der Waals surface area contributed by atoms with Gasteiger partial charge in [0.25, 0.3) is 5.91 Å². The highest BCUT2D eigenvalue weighted by Crippen LogP contribution is 2.18. The van der Waals surface area contributed by atoms with Gasteiger partial charge in [-0.25, -0.2) is 13.4 Å². The Morgan fingerprint density at radius 2 is 2.15 bits per heavy atom. The average Bonchev–Trinajstić information content (AvgIpc) is 2.91. The normalized spacial score (nSPS) is 21.9. The molecule has 0 radical (unpaired) electrons. The smallest absolute Gasteiger partial charge is 0.290 e. The van der Waals surface area contributed by atoms with Crippen LogP contribution in [-0.2, 0) is 15.3 Å². The highest BCUT2D eigenvalue weighted by molar-refractivity contribution is 7.91. The molecule has 112 valence electrons. The molecular formula is C12H20N4O3S. The number of hydrogen-bond donors (Lipinski definition) is 2. The molecule has 8 heteroatoms. The molecule has 1 amide bonds. The number of carbonyl (C=O) groups excluding carboxylic acids is 1. The molecule has 1 aliphatic rings. The fourth-order valence-corrected chi connectivity index (χ4v) is 3.91. The van der Waals surface area contributed by atoms with Gasteiger partial charge in [-0.1, -0.05) is 20.8 Å². The number of rotatable bonds is 3. The molecule has 0 aromatic carbocycles. The third-order valence-electron chi connectivity index (χ3n) is 3.28. The van der Waals surface area contributed by atoms with Gasteiger partial charge >= 0.3 is 0 Å². The van der Waals surface area contributed by atoms with Crippen LogP contribution in [0.3, 0.4) is 0 Å². The Labute approximate surface area is 118 Å². The molecule has 20 heavy (non-hydrogen) atoms. The van der Waals surface area contributed by atoms with E-state index in [1.165, 1.54) is 0 Å². The fraction of sp³-hybridized carbons (Fsp3) is 0.750. The van der Waals surface area contributed by atoms with Gasteiger partial charge in [-0.2, -0.15) is 0 Å². The van der Waals surface area contributed by atoms with E-state index in [1.807, 2.05) is 20.8 Å². The van der Waals surface area contributed by atoms with Crippen LogP contribution in [-0.4, -0.2) is 47.6 Å². The minimum absolute atomic E-state index is 0.00928. The Hall–Kier alpha value is -1.44. The molecular weight excluding hydrogens is 280 g/mol. The molecule has 1 fully saturated rings. The van der Waals surface area contributed by atoms with E-state index in [9.17, 15) is 13.2 Å². The van der Waals surface area contributed by atoms with Crippen molar-refractivity contribution >= 4 is 15.7 Å². The van der Waals surface area contributed by atoms with Gasteiger partial charge in [-0.05, 0) is 12.3 Å². The highest BCUT2D eigenvalue weighted by atomic mass is 32.2. The summed E-state index contributed by atoms with van der Waals surface area (Å²) in [6.07, 6.45) is 0.601. The lowest BCUT2D eigenvalue weighted by Crippen LogP contribution is -2.30. The van der Waals surface area contributed by atoms with E-state index >= 15 is 0 Å². The summed E-state index contributed by atoms with van der Waals surface area (Å²) < 4.78 is 22.7. The van der Waals surface area contributed by atoms with Crippen LogP contribution < -0.4 is 5.32 Å². The summed E-state index contributed by atoms with van der Waals surface area (Å²) in [5.41, 5.74) is -0.203. The lowest BCUT2D eigenvalue weighted by atomic mass is 9.96. The number of carbonyl (C=O) groups is 1. The van der Waals surface area contributed by atoms with Gasteiger partial charge < -0.3 is 5.32 Å². The molecule has 2 N–H and O–H groups in total. The minimum atomic E-state index is -2.91. The third kappa shape index (κ3) is 3.56. The van der Waals surface area contributed by atoms with Crippen molar-refractivity contribution in [2.45, 2.75) is 32.6 Å². The van der Waals surface area contributed by atoms with E-state index in [-0.39, 0.29) is 34.6 Å². The van der Waals surface area contributed by atoms with Crippen molar-refractivity contribution in [2.75, 3.05) is 18.1 Å². The van der Waals surface area contributed by atoms with Crippen LogP contribution in [0.15, 0.2) is 0 Å². The molecule has 7 nitrogen and oxygen atoms in total. The SMILES string of the molecule is CC(C)(C)c1nc(C(=O)NCC2CCS(=O)(=O)C2)n[nH]1. The first kappa shape index (κ1) is 15.0. The average molecular weight is 300 g/mol. The first-order valence-electron chi connectivity index (χ1n) is 6.59. The second-order valence-electron chi connectivity index (χ2n) is 6.24. The second kappa shape index (κ2) is 5.16. The summed E-state index contributed by atoms with van der Waals surface area (Å²) in [5.74, 6) is 0.713. The van der Waals surface area contributed by atoms with Crippen LogP contribution in [0.4, 0.5) is 0 Å². The Balaban J connectivity index is 1.91. The maximum absolute atomic E-state index is 11.9. The quantitative estimate of drug-likeness (QED) is 0.833. The Kier molecular flexibility index (Phi) is 3.86. The van der Waals surface area contributed by atoms with Gasteiger partial charge in [0.1, 0.15) is 5.82 Å². The number of amides is 1. The van der Waals surface area contributed by atoms with Crippen LogP contribution in [0.25, 0.3) is 0 Å². The first-order chi connectivity index (χ1) is 9.17. The molecule has 1 unspecified atom stereocenters. The molecule has 1 aromatic heterocycles. The van der Waals surface area contributed by atoms with E-state index in [0.717, 1.165) is 0 Å². The molecule has 0 aliphatic carbocycles. The largest absolute Gasteiger partial charge is 0.349 e. The monoisotopic (exact) mass is 300 g/mol. The molecule has 0 bridgehead atoms. The van der Waals surface area contributed by atoms with Crippen LogP contribution in [0.1, 0.15) is 43.6 Å². The Bertz CT molecular complexity index is 600.